The van der Waals surface area contributed by atoms with Crippen molar-refractivity contribution in [2.24, 2.45) is 0 Å². The van der Waals surface area contributed by atoms with Crippen LogP contribution in [0.15, 0.2) is 0 Å². The third kappa shape index (κ3) is 3.37. The van der Waals surface area contributed by atoms with Gasteiger partial charge < -0.3 is 19.3 Å². The molecule has 98 valence electrons. The van der Waals surface area contributed by atoms with Crippen LogP contribution in [0, 0.1) is 0 Å². The summed E-state index contributed by atoms with van der Waals surface area (Å²) in [7, 11) is 0. The van der Waals surface area contributed by atoms with Crippen LogP contribution in [0.5, 0.6) is 0 Å². The molecule has 1 saturated heterocycles. The predicted octanol–water partition coefficient (Wildman–Crippen LogP) is -0.0750. The number of aliphatic hydroxyl groups is 1. The van der Waals surface area contributed by atoms with E-state index < -0.39 is 42.7 Å². The minimum Gasteiger partial charge on any atom is -0.456 e. The normalized spacial score (nSPS) is 37.4. The monoisotopic (exact) mass is 250 g/mol. The van der Waals surface area contributed by atoms with Crippen molar-refractivity contribution in [2.75, 3.05) is 0 Å². The highest BCUT2D eigenvalue weighted by molar-refractivity contribution is 5.67. The van der Waals surface area contributed by atoms with Crippen LogP contribution in [0.2, 0.25) is 0 Å². The van der Waals surface area contributed by atoms with Gasteiger partial charge in [-0.15, -0.1) is 0 Å². The van der Waals surface area contributed by atoms with E-state index in [1.54, 1.807) is 0 Å². The van der Waals surface area contributed by atoms with Gasteiger partial charge in [0.2, 0.25) is 0 Å². The Balaban J connectivity index is 2.86. The number of carbonyl (C=O) groups is 2. The number of hydrogen-bond donors (Lipinski definition) is 1. The molecule has 0 aliphatic carbocycles. The molecular formula is C10H15FO6. The quantitative estimate of drug-likeness (QED) is 0.690. The van der Waals surface area contributed by atoms with E-state index in [0.717, 1.165) is 13.8 Å². The minimum absolute atomic E-state index is 0.647. The van der Waals surface area contributed by atoms with Gasteiger partial charge in [-0.3, -0.25) is 9.59 Å². The number of esters is 2. The van der Waals surface area contributed by atoms with Crippen molar-refractivity contribution >= 4 is 11.9 Å². The van der Waals surface area contributed by atoms with Crippen molar-refractivity contribution in [1.82, 2.24) is 0 Å². The number of aliphatic hydroxyl groups excluding tert-OH is 1. The lowest BCUT2D eigenvalue weighted by molar-refractivity contribution is -0.269. The molecule has 0 bridgehead atoms. The number of carbonyl (C=O) groups excluding carboxylic acids is 2. The van der Waals surface area contributed by atoms with Crippen molar-refractivity contribution in [3.63, 3.8) is 0 Å². The maximum Gasteiger partial charge on any atom is 0.303 e. The first-order chi connectivity index (χ1) is 7.82. The Morgan fingerprint density at radius 1 is 1.18 bits per heavy atom. The molecule has 1 heterocycles. The highest BCUT2D eigenvalue weighted by Gasteiger charge is 2.48. The molecule has 0 aromatic heterocycles. The second kappa shape index (κ2) is 5.42. The summed E-state index contributed by atoms with van der Waals surface area (Å²) in [5.74, 6) is -1.37. The average molecular weight is 250 g/mol. The maximum atomic E-state index is 13.6. The summed E-state index contributed by atoms with van der Waals surface area (Å²) < 4.78 is 28.0. The van der Waals surface area contributed by atoms with Crippen LogP contribution >= 0.6 is 0 Å². The molecule has 5 atom stereocenters. The summed E-state index contributed by atoms with van der Waals surface area (Å²) in [5, 5.41) is 9.25. The van der Waals surface area contributed by atoms with Crippen molar-refractivity contribution < 1.29 is 33.3 Å². The van der Waals surface area contributed by atoms with Crippen molar-refractivity contribution in [1.29, 1.82) is 0 Å². The number of rotatable bonds is 2. The van der Waals surface area contributed by atoms with Gasteiger partial charge in [0.25, 0.3) is 0 Å². The SMILES string of the molecule is CC(=O)O[C@@H]1[C@@H](OC(C)=O)[C@@H](F)[C@H](O)O[C@H]1C. The van der Waals surface area contributed by atoms with Crippen LogP contribution in [0.25, 0.3) is 0 Å². The van der Waals surface area contributed by atoms with Crippen molar-refractivity contribution in [3.8, 4) is 0 Å². The summed E-state index contributed by atoms with van der Waals surface area (Å²) in [6.07, 6.45) is -6.88. The molecule has 1 N–H and O–H groups in total. The van der Waals surface area contributed by atoms with Crippen LogP contribution < -0.4 is 0 Å². The molecule has 7 heteroatoms. The molecule has 1 aliphatic heterocycles. The first kappa shape index (κ1) is 13.9. The third-order valence-corrected chi connectivity index (χ3v) is 2.33. The van der Waals surface area contributed by atoms with Gasteiger partial charge in [0, 0.05) is 13.8 Å². The van der Waals surface area contributed by atoms with Crippen LogP contribution in [-0.4, -0.2) is 47.8 Å². The number of ether oxygens (including phenoxy) is 3. The average Bonchev–Trinajstić information content (AvgIpc) is 2.19. The van der Waals surface area contributed by atoms with Gasteiger partial charge in [-0.25, -0.2) is 4.39 Å². The first-order valence-corrected chi connectivity index (χ1v) is 5.15. The van der Waals surface area contributed by atoms with Gasteiger partial charge in [0.05, 0.1) is 6.10 Å². The van der Waals surface area contributed by atoms with Gasteiger partial charge in [-0.1, -0.05) is 0 Å². The highest BCUT2D eigenvalue weighted by atomic mass is 19.1. The van der Waals surface area contributed by atoms with Gasteiger partial charge in [-0.2, -0.15) is 0 Å². The van der Waals surface area contributed by atoms with E-state index >= 15 is 0 Å². The summed E-state index contributed by atoms with van der Waals surface area (Å²) in [5.41, 5.74) is 0. The molecule has 0 radical (unpaired) electrons. The molecule has 1 aliphatic rings. The van der Waals surface area contributed by atoms with E-state index in [-0.39, 0.29) is 0 Å². The summed E-state index contributed by atoms with van der Waals surface area (Å²) in [6.45, 7) is 3.74. The van der Waals surface area contributed by atoms with Gasteiger partial charge in [0.1, 0.15) is 0 Å². The lowest BCUT2D eigenvalue weighted by Gasteiger charge is -2.39. The molecule has 0 saturated carbocycles. The molecule has 1 rings (SSSR count). The Bertz CT molecular complexity index is 307. The Hall–Kier alpha value is -1.21. The van der Waals surface area contributed by atoms with Crippen molar-refractivity contribution in [3.05, 3.63) is 0 Å². The van der Waals surface area contributed by atoms with E-state index in [1.165, 1.54) is 6.92 Å². The summed E-state index contributed by atoms with van der Waals surface area (Å²) in [6, 6.07) is 0. The Morgan fingerprint density at radius 2 is 1.65 bits per heavy atom. The fourth-order valence-corrected chi connectivity index (χ4v) is 1.66. The highest BCUT2D eigenvalue weighted by Crippen LogP contribution is 2.27. The van der Waals surface area contributed by atoms with Gasteiger partial charge in [-0.05, 0) is 6.92 Å². The topological polar surface area (TPSA) is 82.1 Å². The molecule has 0 unspecified atom stereocenters. The van der Waals surface area contributed by atoms with E-state index in [0.29, 0.717) is 0 Å². The molecule has 0 aromatic rings. The van der Waals surface area contributed by atoms with Gasteiger partial charge >= 0.3 is 11.9 Å². The first-order valence-electron chi connectivity index (χ1n) is 5.15. The molecule has 0 amide bonds. The molecular weight excluding hydrogens is 235 g/mol. The standard InChI is InChI=1S/C10H15FO6/c1-4-8(16-5(2)12)9(17-6(3)13)7(11)10(14)15-4/h4,7-10,14H,1-3H3/t4-,7+,8-,9-,10+/m0/s1. The van der Waals surface area contributed by atoms with Crippen LogP contribution in [0.1, 0.15) is 20.8 Å². The molecule has 6 nitrogen and oxygen atoms in total. The smallest absolute Gasteiger partial charge is 0.303 e. The molecule has 0 spiro atoms. The second-order valence-electron chi connectivity index (χ2n) is 3.82. The second-order valence-corrected chi connectivity index (χ2v) is 3.82. The van der Waals surface area contributed by atoms with Gasteiger partial charge in [0.15, 0.2) is 24.7 Å². The van der Waals surface area contributed by atoms with E-state index in [1.807, 2.05) is 0 Å². The zero-order valence-electron chi connectivity index (χ0n) is 9.75. The molecule has 1 fully saturated rings. The predicted molar refractivity (Wildman–Crippen MR) is 52.6 cm³/mol. The fourth-order valence-electron chi connectivity index (χ4n) is 1.66. The molecule has 17 heavy (non-hydrogen) atoms. The van der Waals surface area contributed by atoms with E-state index in [4.69, 9.17) is 14.2 Å². The Labute approximate surface area is 97.6 Å². The van der Waals surface area contributed by atoms with Crippen LogP contribution in [0.3, 0.4) is 0 Å². The summed E-state index contributed by atoms with van der Waals surface area (Å²) in [4.78, 5) is 21.7. The van der Waals surface area contributed by atoms with Crippen LogP contribution in [0.4, 0.5) is 4.39 Å². The minimum atomic E-state index is -1.96. The lowest BCUT2D eigenvalue weighted by Crippen LogP contribution is -2.57. The van der Waals surface area contributed by atoms with Crippen LogP contribution in [-0.2, 0) is 23.8 Å². The van der Waals surface area contributed by atoms with Crippen molar-refractivity contribution in [2.45, 2.75) is 51.5 Å². The number of hydrogen-bond acceptors (Lipinski definition) is 6. The Kier molecular flexibility index (Phi) is 4.41. The molecule has 0 aromatic carbocycles. The largest absolute Gasteiger partial charge is 0.456 e. The third-order valence-electron chi connectivity index (χ3n) is 2.33. The lowest BCUT2D eigenvalue weighted by atomic mass is 10.0. The maximum absolute atomic E-state index is 13.6. The number of alkyl halides is 1. The number of halogens is 1. The zero-order valence-corrected chi connectivity index (χ0v) is 9.75. The zero-order chi connectivity index (χ0) is 13.2. The van der Waals surface area contributed by atoms with E-state index in [2.05, 4.69) is 0 Å². The fraction of sp³-hybridized carbons (Fsp3) is 0.800. The summed E-state index contributed by atoms with van der Waals surface area (Å²) >= 11 is 0. The Morgan fingerprint density at radius 3 is 2.12 bits per heavy atom. The van der Waals surface area contributed by atoms with E-state index in [9.17, 15) is 19.1 Å².